The quantitative estimate of drug-likeness (QED) is 0.499. The second-order valence-electron chi connectivity index (χ2n) is 6.58. The van der Waals surface area contributed by atoms with Crippen molar-refractivity contribution >= 4 is 16.9 Å². The molecule has 140 valence electrons. The minimum atomic E-state index is -0.396. The summed E-state index contributed by atoms with van der Waals surface area (Å²) in [5.41, 5.74) is 3.68. The Kier molecular flexibility index (Phi) is 4.72. The molecule has 0 spiro atoms. The molecule has 2 aromatic carbocycles. The maximum Gasteiger partial charge on any atom is 0.272 e. The number of aromatic amines is 1. The summed E-state index contributed by atoms with van der Waals surface area (Å²) in [4.78, 5) is 28.9. The van der Waals surface area contributed by atoms with Crippen molar-refractivity contribution in [2.75, 3.05) is 0 Å². The first-order valence-corrected chi connectivity index (χ1v) is 8.90. The largest absolute Gasteiger partial charge is 0.508 e. The number of carbonyl (C=O) groups is 1. The van der Waals surface area contributed by atoms with Crippen molar-refractivity contribution in [3.8, 4) is 5.75 Å². The van der Waals surface area contributed by atoms with Gasteiger partial charge in [0.05, 0.1) is 29.0 Å². The molecule has 28 heavy (non-hydrogen) atoms. The molecule has 4 aromatic rings. The predicted octanol–water partition coefficient (Wildman–Crippen LogP) is 3.08. The van der Waals surface area contributed by atoms with Crippen molar-refractivity contribution in [3.63, 3.8) is 0 Å². The van der Waals surface area contributed by atoms with Gasteiger partial charge in [-0.15, -0.1) is 0 Å². The lowest BCUT2D eigenvalue weighted by Crippen LogP contribution is -2.31. The van der Waals surface area contributed by atoms with E-state index < -0.39 is 6.04 Å². The lowest BCUT2D eigenvalue weighted by molar-refractivity contribution is 0.0929. The fourth-order valence-electron chi connectivity index (χ4n) is 2.96. The maximum atomic E-state index is 12.7. The number of para-hydroxylation sites is 2. The van der Waals surface area contributed by atoms with E-state index in [1.807, 2.05) is 43.3 Å². The van der Waals surface area contributed by atoms with Gasteiger partial charge in [-0.1, -0.05) is 24.3 Å². The zero-order valence-electron chi connectivity index (χ0n) is 15.3. The Morgan fingerprint density at radius 3 is 2.61 bits per heavy atom. The third kappa shape index (κ3) is 3.83. The number of aryl methyl sites for hydroxylation is 1. The normalized spacial score (nSPS) is 12.0. The van der Waals surface area contributed by atoms with Crippen molar-refractivity contribution in [3.05, 3.63) is 83.7 Å². The summed E-state index contributed by atoms with van der Waals surface area (Å²) < 4.78 is 0. The van der Waals surface area contributed by atoms with Gasteiger partial charge in [-0.25, -0.2) is 9.97 Å². The number of nitrogens with zero attached hydrogens (tertiary/aromatic N) is 3. The Labute approximate surface area is 161 Å². The highest BCUT2D eigenvalue weighted by atomic mass is 16.3. The van der Waals surface area contributed by atoms with Crippen LogP contribution in [0.5, 0.6) is 5.75 Å². The molecule has 0 saturated heterocycles. The lowest BCUT2D eigenvalue weighted by atomic mass is 10.0. The summed E-state index contributed by atoms with van der Waals surface area (Å²) in [5.74, 6) is 0.530. The van der Waals surface area contributed by atoms with Crippen molar-refractivity contribution < 1.29 is 9.90 Å². The second kappa shape index (κ2) is 7.48. The Morgan fingerprint density at radius 2 is 1.89 bits per heavy atom. The van der Waals surface area contributed by atoms with E-state index in [4.69, 9.17) is 0 Å². The average Bonchev–Trinajstić information content (AvgIpc) is 3.14. The molecule has 1 unspecified atom stereocenters. The van der Waals surface area contributed by atoms with Gasteiger partial charge in [-0.2, -0.15) is 0 Å². The topological polar surface area (TPSA) is 104 Å². The van der Waals surface area contributed by atoms with Crippen LogP contribution in [0, 0.1) is 6.92 Å². The first-order chi connectivity index (χ1) is 13.6. The highest BCUT2D eigenvalue weighted by Crippen LogP contribution is 2.21. The van der Waals surface area contributed by atoms with E-state index in [0.717, 1.165) is 22.3 Å². The van der Waals surface area contributed by atoms with Crippen molar-refractivity contribution in [2.24, 2.45) is 0 Å². The zero-order chi connectivity index (χ0) is 19.5. The minimum absolute atomic E-state index is 0.197. The van der Waals surface area contributed by atoms with Gasteiger partial charge in [-0.3, -0.25) is 9.78 Å². The molecule has 0 radical (unpaired) electrons. The average molecular weight is 373 g/mol. The number of carbonyl (C=O) groups excluding carboxylic acids is 1. The zero-order valence-corrected chi connectivity index (χ0v) is 15.3. The van der Waals surface area contributed by atoms with Crippen LogP contribution in [-0.2, 0) is 6.42 Å². The number of amides is 1. The summed E-state index contributed by atoms with van der Waals surface area (Å²) >= 11 is 0. The summed E-state index contributed by atoms with van der Waals surface area (Å²) in [6.45, 7) is 1.82. The van der Waals surface area contributed by atoms with Gasteiger partial charge in [-0.05, 0) is 43.2 Å². The molecule has 0 aliphatic carbocycles. The number of nitrogens with one attached hydrogen (secondary N) is 2. The molecule has 0 aliphatic heterocycles. The smallest absolute Gasteiger partial charge is 0.272 e. The predicted molar refractivity (Wildman–Crippen MR) is 105 cm³/mol. The van der Waals surface area contributed by atoms with Gasteiger partial charge in [0.25, 0.3) is 5.91 Å². The Balaban J connectivity index is 1.64. The summed E-state index contributed by atoms with van der Waals surface area (Å²) in [6.07, 6.45) is 3.52. The first kappa shape index (κ1) is 17.7. The third-order valence-electron chi connectivity index (χ3n) is 4.43. The minimum Gasteiger partial charge on any atom is -0.508 e. The van der Waals surface area contributed by atoms with Crippen molar-refractivity contribution in [1.82, 2.24) is 25.3 Å². The van der Waals surface area contributed by atoms with E-state index in [1.54, 1.807) is 18.3 Å². The molecule has 0 aliphatic rings. The van der Waals surface area contributed by atoms with Crippen LogP contribution < -0.4 is 5.32 Å². The fraction of sp³-hybridized carbons (Fsp3) is 0.143. The number of hydrogen-bond acceptors (Lipinski definition) is 5. The van der Waals surface area contributed by atoms with Crippen molar-refractivity contribution in [1.29, 1.82) is 0 Å². The summed E-state index contributed by atoms with van der Waals surface area (Å²) in [6, 6.07) is 14.2. The van der Waals surface area contributed by atoms with Crippen LogP contribution in [0.4, 0.5) is 0 Å². The van der Waals surface area contributed by atoms with Crippen LogP contribution in [0.3, 0.4) is 0 Å². The molecule has 4 rings (SSSR count). The van der Waals surface area contributed by atoms with E-state index in [9.17, 15) is 9.90 Å². The van der Waals surface area contributed by atoms with E-state index in [1.165, 1.54) is 6.20 Å². The van der Waals surface area contributed by atoms with Gasteiger partial charge in [0, 0.05) is 6.20 Å². The molecule has 1 atom stereocenters. The van der Waals surface area contributed by atoms with Gasteiger partial charge in [0.2, 0.25) is 0 Å². The third-order valence-corrected chi connectivity index (χ3v) is 4.43. The van der Waals surface area contributed by atoms with Gasteiger partial charge < -0.3 is 15.4 Å². The summed E-state index contributed by atoms with van der Waals surface area (Å²) in [7, 11) is 0. The number of H-pyrrole nitrogens is 1. The number of imidazole rings is 1. The van der Waals surface area contributed by atoms with Crippen LogP contribution >= 0.6 is 0 Å². The molecule has 2 aromatic heterocycles. The molecule has 3 N–H and O–H groups in total. The molecule has 0 saturated carbocycles. The van der Waals surface area contributed by atoms with Gasteiger partial charge in [0.1, 0.15) is 17.3 Å². The van der Waals surface area contributed by atoms with E-state index >= 15 is 0 Å². The van der Waals surface area contributed by atoms with Crippen LogP contribution in [-0.4, -0.2) is 30.9 Å². The van der Waals surface area contributed by atoms with Crippen LogP contribution in [0.25, 0.3) is 11.0 Å². The molecule has 7 heteroatoms. The van der Waals surface area contributed by atoms with Crippen LogP contribution in [0.2, 0.25) is 0 Å². The van der Waals surface area contributed by atoms with E-state index in [2.05, 4.69) is 25.3 Å². The lowest BCUT2D eigenvalue weighted by Gasteiger charge is -2.17. The Hall–Kier alpha value is -3.74. The first-order valence-electron chi connectivity index (χ1n) is 8.90. The standard InChI is InChI=1S/C21H19N5O2/c1-13-11-23-19(12-22-13)21(28)26-18(10-14-6-8-15(27)9-7-14)20-24-16-4-2-3-5-17(16)25-20/h2-9,11-12,18,27H,10H2,1H3,(H,24,25)(H,26,28). The van der Waals surface area contributed by atoms with Gasteiger partial charge >= 0.3 is 0 Å². The van der Waals surface area contributed by atoms with Crippen LogP contribution in [0.1, 0.15) is 33.6 Å². The number of benzene rings is 2. The highest BCUT2D eigenvalue weighted by molar-refractivity contribution is 5.92. The SMILES string of the molecule is Cc1cnc(C(=O)NC(Cc2ccc(O)cc2)c2nc3ccccc3[nH]2)cn1. The Bertz CT molecular complexity index is 1070. The maximum absolute atomic E-state index is 12.7. The molecular formula is C21H19N5O2. The number of rotatable bonds is 5. The molecule has 2 heterocycles. The molecule has 0 fully saturated rings. The number of phenols is 1. The monoisotopic (exact) mass is 373 g/mol. The van der Waals surface area contributed by atoms with Crippen LogP contribution in [0.15, 0.2) is 60.9 Å². The van der Waals surface area contributed by atoms with Crippen molar-refractivity contribution in [2.45, 2.75) is 19.4 Å². The number of aromatic nitrogens is 4. The molecule has 1 amide bonds. The summed E-state index contributed by atoms with van der Waals surface area (Å²) in [5, 5.41) is 12.5. The number of fused-ring (bicyclic) bond motifs is 1. The second-order valence-corrected chi connectivity index (χ2v) is 6.58. The number of aromatic hydroxyl groups is 1. The van der Waals surface area contributed by atoms with E-state index in [0.29, 0.717) is 12.2 Å². The fourth-order valence-corrected chi connectivity index (χ4v) is 2.96. The highest BCUT2D eigenvalue weighted by Gasteiger charge is 2.21. The molecular weight excluding hydrogens is 354 g/mol. The van der Waals surface area contributed by atoms with E-state index in [-0.39, 0.29) is 17.4 Å². The Morgan fingerprint density at radius 1 is 1.11 bits per heavy atom. The number of phenolic OH excluding ortho intramolecular Hbond substituents is 1. The molecule has 0 bridgehead atoms. The molecule has 7 nitrogen and oxygen atoms in total. The number of hydrogen-bond donors (Lipinski definition) is 3. The van der Waals surface area contributed by atoms with Gasteiger partial charge in [0.15, 0.2) is 0 Å².